The second-order valence-electron chi connectivity index (χ2n) is 5.81. The Balaban J connectivity index is 2.17. The van der Waals surface area contributed by atoms with E-state index in [2.05, 4.69) is 0 Å². The van der Waals surface area contributed by atoms with Crippen molar-refractivity contribution >= 4 is 45.3 Å². The van der Waals surface area contributed by atoms with Crippen molar-refractivity contribution in [3.05, 3.63) is 74.1 Å². The lowest BCUT2D eigenvalue weighted by Gasteiger charge is -2.11. The Morgan fingerprint density at radius 1 is 1.07 bits per heavy atom. The van der Waals surface area contributed by atoms with Crippen LogP contribution >= 0.6 is 34.5 Å². The van der Waals surface area contributed by atoms with Crippen LogP contribution in [0.25, 0.3) is 11.1 Å². The molecule has 0 amide bonds. The fourth-order valence-electron chi connectivity index (χ4n) is 2.77. The summed E-state index contributed by atoms with van der Waals surface area (Å²) in [6.45, 7) is 1.71. The molecule has 0 saturated heterocycles. The molecule has 0 atom stereocenters. The zero-order valence-electron chi connectivity index (χ0n) is 13.8. The van der Waals surface area contributed by atoms with Crippen LogP contribution in [0, 0.1) is 6.92 Å². The average Bonchev–Trinajstić information content (AvgIpc) is 2.90. The molecule has 0 spiro atoms. The van der Waals surface area contributed by atoms with E-state index in [-0.39, 0.29) is 26.7 Å². The smallest absolute Gasteiger partial charge is 0.390 e. The molecule has 140 valence electrons. The lowest BCUT2D eigenvalue weighted by Crippen LogP contribution is -2.07. The van der Waals surface area contributed by atoms with Crippen molar-refractivity contribution in [3.63, 3.8) is 0 Å². The average molecular weight is 430 g/mol. The Morgan fingerprint density at radius 2 is 1.78 bits per heavy atom. The van der Waals surface area contributed by atoms with Gasteiger partial charge >= 0.3 is 6.18 Å². The van der Waals surface area contributed by atoms with Crippen molar-refractivity contribution in [3.8, 4) is 11.1 Å². The third-order valence-electron chi connectivity index (χ3n) is 4.00. The van der Waals surface area contributed by atoms with Gasteiger partial charge in [0.1, 0.15) is 0 Å². The maximum absolute atomic E-state index is 13.1. The first-order valence-corrected chi connectivity index (χ1v) is 9.23. The summed E-state index contributed by atoms with van der Waals surface area (Å²) in [6, 6.07) is 9.22. The number of hydrogen-bond donors (Lipinski definition) is 1. The molecule has 1 heterocycles. The molecule has 3 aromatic rings. The minimum atomic E-state index is -4.49. The van der Waals surface area contributed by atoms with Gasteiger partial charge in [0.2, 0.25) is 0 Å². The van der Waals surface area contributed by atoms with Gasteiger partial charge in [-0.1, -0.05) is 35.3 Å². The summed E-state index contributed by atoms with van der Waals surface area (Å²) in [6.07, 6.45) is -4.49. The highest BCUT2D eigenvalue weighted by Crippen LogP contribution is 2.41. The fraction of sp³-hybridized carbons (Fsp3) is 0.105. The normalized spacial score (nSPS) is 11.6. The molecular weight excluding hydrogens is 418 g/mol. The largest absolute Gasteiger partial charge is 0.416 e. The number of nitrogens with two attached hydrogens (primary N) is 1. The quantitative estimate of drug-likeness (QED) is 0.461. The van der Waals surface area contributed by atoms with Gasteiger partial charge in [-0.2, -0.15) is 13.2 Å². The van der Waals surface area contributed by atoms with Crippen LogP contribution in [0.5, 0.6) is 0 Å². The highest BCUT2D eigenvalue weighted by Gasteiger charge is 2.31. The minimum absolute atomic E-state index is 0.162. The van der Waals surface area contributed by atoms with Crippen molar-refractivity contribution in [1.29, 1.82) is 0 Å². The Hall–Kier alpha value is -2.02. The molecule has 2 N–H and O–H groups in total. The number of carbonyl (C=O) groups excluding carboxylic acids is 1. The highest BCUT2D eigenvalue weighted by molar-refractivity contribution is 7.16. The number of ketones is 1. The van der Waals surface area contributed by atoms with Gasteiger partial charge in [-0.05, 0) is 42.8 Å². The van der Waals surface area contributed by atoms with E-state index >= 15 is 0 Å². The van der Waals surface area contributed by atoms with E-state index in [4.69, 9.17) is 28.9 Å². The van der Waals surface area contributed by atoms with E-state index in [1.54, 1.807) is 6.92 Å². The first-order chi connectivity index (χ1) is 12.6. The number of benzene rings is 2. The van der Waals surface area contributed by atoms with E-state index in [0.29, 0.717) is 15.5 Å². The molecule has 0 aliphatic heterocycles. The van der Waals surface area contributed by atoms with Gasteiger partial charge in [0, 0.05) is 16.0 Å². The van der Waals surface area contributed by atoms with Crippen LogP contribution in [0.4, 0.5) is 18.2 Å². The molecular formula is C19H12Cl2F3NOS. The number of aryl methyl sites for hydroxylation is 1. The minimum Gasteiger partial charge on any atom is -0.390 e. The zero-order chi connectivity index (χ0) is 19.9. The second kappa shape index (κ2) is 7.19. The molecule has 0 radical (unpaired) electrons. The summed E-state index contributed by atoms with van der Waals surface area (Å²) in [5, 5.41) is 0.727. The van der Waals surface area contributed by atoms with Crippen molar-refractivity contribution in [2.75, 3.05) is 5.73 Å². The molecule has 0 aliphatic carbocycles. The summed E-state index contributed by atoms with van der Waals surface area (Å²) in [4.78, 5) is 13.7. The van der Waals surface area contributed by atoms with E-state index in [9.17, 15) is 18.0 Å². The molecule has 2 nitrogen and oxygen atoms in total. The first-order valence-electron chi connectivity index (χ1n) is 7.66. The summed E-state index contributed by atoms with van der Waals surface area (Å²) in [5.41, 5.74) is 6.31. The first kappa shape index (κ1) is 19.7. The van der Waals surface area contributed by atoms with E-state index in [0.717, 1.165) is 23.5 Å². The summed E-state index contributed by atoms with van der Waals surface area (Å²) in [5.74, 6) is -0.428. The summed E-state index contributed by atoms with van der Waals surface area (Å²) in [7, 11) is 0. The molecule has 0 saturated carbocycles. The highest BCUT2D eigenvalue weighted by atomic mass is 35.5. The molecule has 3 rings (SSSR count). The van der Waals surface area contributed by atoms with Crippen molar-refractivity contribution in [2.24, 2.45) is 0 Å². The standard InChI is InChI=1S/C19H12Cl2F3NOS/c1-9-15(10-3-2-4-12(7-10)19(22,23)24)16(18(25)27-9)17(26)11-5-6-13(20)14(21)8-11/h2-8H,25H2,1H3. The summed E-state index contributed by atoms with van der Waals surface area (Å²) >= 11 is 13.0. The predicted octanol–water partition coefficient (Wildman–Crippen LogP) is 6.86. The Bertz CT molecular complexity index is 1040. The fourth-order valence-corrected chi connectivity index (χ4v) is 4.02. The van der Waals surface area contributed by atoms with Gasteiger partial charge in [-0.25, -0.2) is 0 Å². The van der Waals surface area contributed by atoms with Crippen LogP contribution in [-0.2, 0) is 6.18 Å². The topological polar surface area (TPSA) is 43.1 Å². The van der Waals surface area contributed by atoms with Crippen LogP contribution in [-0.4, -0.2) is 5.78 Å². The lowest BCUT2D eigenvalue weighted by molar-refractivity contribution is -0.137. The summed E-state index contributed by atoms with van der Waals surface area (Å²) < 4.78 is 39.2. The maximum atomic E-state index is 13.1. The van der Waals surface area contributed by atoms with Crippen LogP contribution in [0.3, 0.4) is 0 Å². The van der Waals surface area contributed by atoms with Crippen LogP contribution < -0.4 is 5.73 Å². The van der Waals surface area contributed by atoms with Crippen molar-refractivity contribution in [2.45, 2.75) is 13.1 Å². The number of nitrogen functional groups attached to an aromatic ring is 1. The van der Waals surface area contributed by atoms with Crippen LogP contribution in [0.15, 0.2) is 42.5 Å². The van der Waals surface area contributed by atoms with Gasteiger partial charge in [-0.3, -0.25) is 4.79 Å². The van der Waals surface area contributed by atoms with Crippen LogP contribution in [0.2, 0.25) is 10.0 Å². The van der Waals surface area contributed by atoms with Gasteiger partial charge < -0.3 is 5.73 Å². The molecule has 27 heavy (non-hydrogen) atoms. The van der Waals surface area contributed by atoms with Gasteiger partial charge in [0.05, 0.1) is 26.2 Å². The van der Waals surface area contributed by atoms with E-state index in [1.165, 1.54) is 30.3 Å². The number of hydrogen-bond acceptors (Lipinski definition) is 3. The maximum Gasteiger partial charge on any atom is 0.416 e. The molecule has 8 heteroatoms. The molecule has 2 aromatic carbocycles. The van der Waals surface area contributed by atoms with Crippen molar-refractivity contribution in [1.82, 2.24) is 0 Å². The number of thiophene rings is 1. The molecule has 0 bridgehead atoms. The van der Waals surface area contributed by atoms with E-state index < -0.39 is 17.5 Å². The van der Waals surface area contributed by atoms with Crippen molar-refractivity contribution < 1.29 is 18.0 Å². The Kier molecular flexibility index (Phi) is 5.25. The number of alkyl halides is 3. The molecule has 0 aliphatic rings. The SMILES string of the molecule is Cc1sc(N)c(C(=O)c2ccc(Cl)c(Cl)c2)c1-c1cccc(C(F)(F)F)c1. The van der Waals surface area contributed by atoms with Gasteiger partial charge in [0.15, 0.2) is 5.78 Å². The monoisotopic (exact) mass is 429 g/mol. The molecule has 0 unspecified atom stereocenters. The van der Waals surface area contributed by atoms with Gasteiger partial charge in [-0.15, -0.1) is 11.3 Å². The Labute approximate surface area is 167 Å². The zero-order valence-corrected chi connectivity index (χ0v) is 16.2. The third kappa shape index (κ3) is 3.83. The second-order valence-corrected chi connectivity index (χ2v) is 7.88. The molecule has 1 aromatic heterocycles. The number of carbonyl (C=O) groups is 1. The van der Waals surface area contributed by atoms with Crippen LogP contribution in [0.1, 0.15) is 26.4 Å². The lowest BCUT2D eigenvalue weighted by atomic mass is 9.94. The number of halogens is 5. The Morgan fingerprint density at radius 3 is 2.41 bits per heavy atom. The van der Waals surface area contributed by atoms with E-state index in [1.807, 2.05) is 0 Å². The number of rotatable bonds is 3. The van der Waals surface area contributed by atoms with Gasteiger partial charge in [0.25, 0.3) is 0 Å². The molecule has 0 fully saturated rings. The number of anilines is 1. The predicted molar refractivity (Wildman–Crippen MR) is 104 cm³/mol. The third-order valence-corrected chi connectivity index (χ3v) is 5.67.